The van der Waals surface area contributed by atoms with Gasteiger partial charge < -0.3 is 5.73 Å². The van der Waals surface area contributed by atoms with Crippen LogP contribution in [0, 0.1) is 20.8 Å². The molecule has 0 saturated carbocycles. The van der Waals surface area contributed by atoms with Gasteiger partial charge in [-0.2, -0.15) is 0 Å². The number of nitrogen functional groups attached to an aromatic ring is 1. The summed E-state index contributed by atoms with van der Waals surface area (Å²) in [6.45, 7) is 6.23. The number of pyridine rings is 1. The maximum Gasteiger partial charge on any atom is 0.115 e. The topological polar surface area (TPSA) is 38.9 Å². The number of hydrogen-bond donors (Lipinski definition) is 1. The molecule has 2 N–H and O–H groups in total. The Hall–Kier alpha value is -1.000. The molecule has 0 aliphatic heterocycles. The molecule has 0 radical (unpaired) electrons. The maximum absolute atomic E-state index is 5.83. The summed E-state index contributed by atoms with van der Waals surface area (Å²) in [5, 5.41) is 0.949. The van der Waals surface area contributed by atoms with Gasteiger partial charge >= 0.3 is 0 Å². The highest BCUT2D eigenvalue weighted by Crippen LogP contribution is 2.35. The number of benzene rings is 1. The first-order valence-electron chi connectivity index (χ1n) is 5.64. The molecule has 0 aliphatic carbocycles. The van der Waals surface area contributed by atoms with Crippen LogP contribution in [0.15, 0.2) is 38.8 Å². The second kappa shape index (κ2) is 5.33. The van der Waals surface area contributed by atoms with Crippen LogP contribution in [0.3, 0.4) is 0 Å². The van der Waals surface area contributed by atoms with E-state index in [4.69, 9.17) is 5.73 Å². The van der Waals surface area contributed by atoms with E-state index in [0.29, 0.717) is 5.69 Å². The molecule has 2 nitrogen and oxygen atoms in total. The molecule has 0 unspecified atom stereocenters. The van der Waals surface area contributed by atoms with E-state index in [-0.39, 0.29) is 0 Å². The highest BCUT2D eigenvalue weighted by Gasteiger charge is 2.09. The Morgan fingerprint density at radius 3 is 2.56 bits per heavy atom. The zero-order chi connectivity index (χ0) is 13.3. The fraction of sp³-hybridized carbons (Fsp3) is 0.214. The lowest BCUT2D eigenvalue weighted by molar-refractivity contribution is 1.09. The molecule has 0 spiro atoms. The van der Waals surface area contributed by atoms with Gasteiger partial charge in [-0.25, -0.2) is 4.98 Å². The predicted octanol–water partition coefficient (Wildman–Crippen LogP) is 4.50. The molecule has 0 saturated heterocycles. The van der Waals surface area contributed by atoms with Gasteiger partial charge in [0.25, 0.3) is 0 Å². The molecule has 0 fully saturated rings. The van der Waals surface area contributed by atoms with Crippen LogP contribution in [0.1, 0.15) is 16.7 Å². The summed E-state index contributed by atoms with van der Waals surface area (Å²) >= 11 is 5.20. The molecular weight excluding hydrogens is 308 g/mol. The molecule has 1 aromatic heterocycles. The molecule has 1 aromatic carbocycles. The van der Waals surface area contributed by atoms with E-state index < -0.39 is 0 Å². The molecule has 94 valence electrons. The van der Waals surface area contributed by atoms with E-state index in [1.54, 1.807) is 18.0 Å². The zero-order valence-corrected chi connectivity index (χ0v) is 13.0. The van der Waals surface area contributed by atoms with Gasteiger partial charge in [0.2, 0.25) is 0 Å². The van der Waals surface area contributed by atoms with E-state index in [0.717, 1.165) is 15.1 Å². The highest BCUT2D eigenvalue weighted by molar-refractivity contribution is 9.10. The van der Waals surface area contributed by atoms with Crippen molar-refractivity contribution >= 4 is 33.4 Å². The van der Waals surface area contributed by atoms with Gasteiger partial charge in [0, 0.05) is 4.90 Å². The van der Waals surface area contributed by atoms with Crippen LogP contribution in [0.4, 0.5) is 5.69 Å². The fourth-order valence-electron chi connectivity index (χ4n) is 1.53. The molecule has 2 aromatic rings. The van der Waals surface area contributed by atoms with Crippen molar-refractivity contribution in [2.45, 2.75) is 30.7 Å². The lowest BCUT2D eigenvalue weighted by Gasteiger charge is -2.09. The van der Waals surface area contributed by atoms with Gasteiger partial charge in [0.05, 0.1) is 16.4 Å². The second-order valence-corrected chi connectivity index (χ2v) is 6.16. The Morgan fingerprint density at radius 1 is 1.17 bits per heavy atom. The Bertz CT molecular complexity index is 597. The lowest BCUT2D eigenvalue weighted by atomic mass is 10.1. The standard InChI is InChI=1S/C14H15BrN2S/c1-8-4-5-11(6-9(8)2)18-14-13(15)10(3)12(16)7-17-14/h4-7H,16H2,1-3H3. The minimum Gasteiger partial charge on any atom is -0.397 e. The van der Waals surface area contributed by atoms with E-state index >= 15 is 0 Å². The summed E-state index contributed by atoms with van der Waals surface area (Å²) in [6, 6.07) is 6.43. The van der Waals surface area contributed by atoms with Crippen molar-refractivity contribution in [2.24, 2.45) is 0 Å². The molecular formula is C14H15BrN2S. The van der Waals surface area contributed by atoms with Crippen LogP contribution in [-0.2, 0) is 0 Å². The van der Waals surface area contributed by atoms with Crippen LogP contribution >= 0.6 is 27.7 Å². The van der Waals surface area contributed by atoms with Crippen LogP contribution in [-0.4, -0.2) is 4.98 Å². The van der Waals surface area contributed by atoms with Gasteiger partial charge in [-0.3, -0.25) is 0 Å². The number of nitrogens with zero attached hydrogens (tertiary/aromatic N) is 1. The van der Waals surface area contributed by atoms with Crippen molar-refractivity contribution in [3.63, 3.8) is 0 Å². The Labute approximate surface area is 120 Å². The number of hydrogen-bond acceptors (Lipinski definition) is 3. The highest BCUT2D eigenvalue weighted by atomic mass is 79.9. The van der Waals surface area contributed by atoms with Gasteiger partial charge in [-0.15, -0.1) is 0 Å². The number of aryl methyl sites for hydroxylation is 2. The molecule has 4 heteroatoms. The van der Waals surface area contributed by atoms with E-state index in [2.05, 4.69) is 53.0 Å². The van der Waals surface area contributed by atoms with Crippen molar-refractivity contribution in [1.29, 1.82) is 0 Å². The minimum absolute atomic E-state index is 0.714. The summed E-state index contributed by atoms with van der Waals surface area (Å²) in [5.41, 5.74) is 10.2. The predicted molar refractivity (Wildman–Crippen MR) is 81.1 cm³/mol. The second-order valence-electron chi connectivity index (χ2n) is 4.31. The van der Waals surface area contributed by atoms with Crippen molar-refractivity contribution in [2.75, 3.05) is 5.73 Å². The molecule has 2 rings (SSSR count). The lowest BCUT2D eigenvalue weighted by Crippen LogP contribution is -1.94. The summed E-state index contributed by atoms with van der Waals surface area (Å²) in [5.74, 6) is 0. The maximum atomic E-state index is 5.83. The normalized spacial score (nSPS) is 10.7. The quantitative estimate of drug-likeness (QED) is 0.884. The summed E-state index contributed by atoms with van der Waals surface area (Å²) in [6.07, 6.45) is 1.71. The first kappa shape index (κ1) is 13.4. The van der Waals surface area contributed by atoms with E-state index in [1.165, 1.54) is 16.0 Å². The van der Waals surface area contributed by atoms with Crippen LogP contribution in [0.25, 0.3) is 0 Å². The Kier molecular flexibility index (Phi) is 3.97. The van der Waals surface area contributed by atoms with Crippen LogP contribution in [0.5, 0.6) is 0 Å². The third-order valence-corrected chi connectivity index (χ3v) is 5.19. The molecule has 18 heavy (non-hydrogen) atoms. The third-order valence-electron chi connectivity index (χ3n) is 2.96. The van der Waals surface area contributed by atoms with Gasteiger partial charge in [0.15, 0.2) is 0 Å². The van der Waals surface area contributed by atoms with Gasteiger partial charge in [-0.1, -0.05) is 17.8 Å². The van der Waals surface area contributed by atoms with Crippen molar-refractivity contribution in [3.05, 3.63) is 45.6 Å². The van der Waals surface area contributed by atoms with Crippen molar-refractivity contribution in [1.82, 2.24) is 4.98 Å². The minimum atomic E-state index is 0.714. The molecule has 1 heterocycles. The first-order valence-corrected chi connectivity index (χ1v) is 7.25. The number of aromatic nitrogens is 1. The number of rotatable bonds is 2. The zero-order valence-electron chi connectivity index (χ0n) is 10.6. The molecule has 0 aliphatic rings. The van der Waals surface area contributed by atoms with Crippen molar-refractivity contribution < 1.29 is 0 Å². The van der Waals surface area contributed by atoms with Gasteiger partial charge in [0.1, 0.15) is 5.03 Å². The van der Waals surface area contributed by atoms with Gasteiger partial charge in [-0.05, 0) is 65.5 Å². The van der Waals surface area contributed by atoms with Crippen LogP contribution in [0.2, 0.25) is 0 Å². The smallest absolute Gasteiger partial charge is 0.115 e. The van der Waals surface area contributed by atoms with Crippen LogP contribution < -0.4 is 5.73 Å². The average molecular weight is 323 g/mol. The molecule has 0 bridgehead atoms. The monoisotopic (exact) mass is 322 g/mol. The van der Waals surface area contributed by atoms with E-state index in [9.17, 15) is 0 Å². The summed E-state index contributed by atoms with van der Waals surface area (Å²) < 4.78 is 0.978. The first-order chi connectivity index (χ1) is 8.49. The average Bonchev–Trinajstić information content (AvgIpc) is 2.34. The number of anilines is 1. The number of nitrogens with two attached hydrogens (primary N) is 1. The third kappa shape index (κ3) is 2.70. The molecule has 0 atom stereocenters. The SMILES string of the molecule is Cc1ccc(Sc2ncc(N)c(C)c2Br)cc1C. The Morgan fingerprint density at radius 2 is 1.89 bits per heavy atom. The van der Waals surface area contributed by atoms with E-state index in [1.807, 2.05) is 6.92 Å². The number of halogens is 1. The largest absolute Gasteiger partial charge is 0.397 e. The van der Waals surface area contributed by atoms with Crippen molar-refractivity contribution in [3.8, 4) is 0 Å². The summed E-state index contributed by atoms with van der Waals surface area (Å²) in [7, 11) is 0. The fourth-order valence-corrected chi connectivity index (χ4v) is 3.05. The molecule has 0 amide bonds. The Balaban J connectivity index is 2.34. The summed E-state index contributed by atoms with van der Waals surface area (Å²) in [4.78, 5) is 5.57.